The molecule has 0 rings (SSSR count). The van der Waals surface area contributed by atoms with Crippen molar-refractivity contribution in [1.29, 1.82) is 0 Å². The zero-order chi connectivity index (χ0) is 5.91. The largest absolute Gasteiger partial charge is 0.303 e. The molecule has 0 radical (unpaired) electrons. The molecule has 0 spiro atoms. The molecule has 0 aromatic carbocycles. The number of hydrogen-bond donors (Lipinski definition) is 0. The lowest BCUT2D eigenvalue weighted by Crippen LogP contribution is -2.08. The van der Waals surface area contributed by atoms with Crippen molar-refractivity contribution in [3.05, 3.63) is 0 Å². The van der Waals surface area contributed by atoms with Crippen molar-refractivity contribution in [2.45, 2.75) is 19.3 Å². The maximum Gasteiger partial charge on any atom is 0.251 e. The first-order valence-electron chi connectivity index (χ1n) is 1.88. The van der Waals surface area contributed by atoms with E-state index < -0.39 is 12.3 Å². The molecular weight excluding hydrogens is 102 g/mol. The Balaban J connectivity index is 3.34. The second-order valence-corrected chi connectivity index (χ2v) is 1.44. The third-order valence-corrected chi connectivity index (χ3v) is 0.442. The Morgan fingerprint density at radius 3 is 2.14 bits per heavy atom. The summed E-state index contributed by atoms with van der Waals surface area (Å²) in [6.45, 7) is 0.710. The topological polar surface area (TPSA) is 17.1 Å². The molecule has 42 valence electrons. The van der Waals surface area contributed by atoms with Gasteiger partial charge in [0.1, 0.15) is 6.29 Å². The van der Waals surface area contributed by atoms with Gasteiger partial charge in [-0.2, -0.15) is 0 Å². The highest BCUT2D eigenvalue weighted by Gasteiger charge is 2.18. The second-order valence-electron chi connectivity index (χ2n) is 1.44. The highest BCUT2D eigenvalue weighted by atomic mass is 19.3. The zero-order valence-corrected chi connectivity index (χ0v) is 3.95. The summed E-state index contributed by atoms with van der Waals surface area (Å²) in [6.07, 6.45) is -0.465. The van der Waals surface area contributed by atoms with Crippen LogP contribution in [0, 0.1) is 0 Å². The molecule has 0 heterocycles. The minimum Gasteiger partial charge on any atom is -0.303 e. The molecule has 3 heteroatoms. The summed E-state index contributed by atoms with van der Waals surface area (Å²) >= 11 is 0. The fourth-order valence-electron chi connectivity index (χ4n) is 0.146. The molecule has 0 unspecified atom stereocenters. The maximum atomic E-state index is 11.5. The SMILES string of the molecule is CC(F)(F)CC=O. The van der Waals surface area contributed by atoms with Gasteiger partial charge in [-0.1, -0.05) is 0 Å². The van der Waals surface area contributed by atoms with Gasteiger partial charge >= 0.3 is 0 Å². The minimum absolute atomic E-state index is 0.208. The molecule has 0 N–H and O–H groups in total. The molecule has 0 saturated heterocycles. The first-order valence-corrected chi connectivity index (χ1v) is 1.88. The highest BCUT2D eigenvalue weighted by Crippen LogP contribution is 2.13. The summed E-state index contributed by atoms with van der Waals surface area (Å²) in [5.74, 6) is -2.82. The molecule has 0 aliphatic rings. The zero-order valence-electron chi connectivity index (χ0n) is 3.95. The molecule has 0 aliphatic heterocycles. The lowest BCUT2D eigenvalue weighted by molar-refractivity contribution is -0.113. The van der Waals surface area contributed by atoms with E-state index in [1.54, 1.807) is 0 Å². The van der Waals surface area contributed by atoms with Crippen LogP contribution in [0.5, 0.6) is 0 Å². The van der Waals surface area contributed by atoms with Gasteiger partial charge in [0.05, 0.1) is 6.42 Å². The van der Waals surface area contributed by atoms with Crippen molar-refractivity contribution >= 4 is 6.29 Å². The van der Waals surface area contributed by atoms with Crippen LogP contribution >= 0.6 is 0 Å². The van der Waals surface area contributed by atoms with Crippen molar-refractivity contribution in [3.63, 3.8) is 0 Å². The first kappa shape index (κ1) is 6.53. The second kappa shape index (κ2) is 2.00. The van der Waals surface area contributed by atoms with E-state index in [0.717, 1.165) is 0 Å². The van der Waals surface area contributed by atoms with Crippen LogP contribution in [0.3, 0.4) is 0 Å². The number of halogens is 2. The summed E-state index contributed by atoms with van der Waals surface area (Å²) in [7, 11) is 0. The Morgan fingerprint density at radius 1 is 1.71 bits per heavy atom. The summed E-state index contributed by atoms with van der Waals surface area (Å²) in [6, 6.07) is 0. The van der Waals surface area contributed by atoms with Gasteiger partial charge in [-0.05, 0) is 6.92 Å². The van der Waals surface area contributed by atoms with E-state index in [1.165, 1.54) is 0 Å². The van der Waals surface area contributed by atoms with E-state index in [0.29, 0.717) is 6.92 Å². The first-order chi connectivity index (χ1) is 3.06. The third kappa shape index (κ3) is 5.53. The van der Waals surface area contributed by atoms with E-state index >= 15 is 0 Å². The van der Waals surface area contributed by atoms with Crippen molar-refractivity contribution in [2.75, 3.05) is 0 Å². The Morgan fingerprint density at radius 2 is 2.14 bits per heavy atom. The molecular formula is C4H6F2O. The monoisotopic (exact) mass is 108 g/mol. The van der Waals surface area contributed by atoms with Crippen LogP contribution in [0.2, 0.25) is 0 Å². The van der Waals surface area contributed by atoms with Crippen molar-refractivity contribution in [2.24, 2.45) is 0 Å². The average molecular weight is 108 g/mol. The average Bonchev–Trinajstić information content (AvgIpc) is 1.30. The smallest absolute Gasteiger partial charge is 0.251 e. The van der Waals surface area contributed by atoms with Crippen LogP contribution in [0.15, 0.2) is 0 Å². The Kier molecular flexibility index (Phi) is 1.87. The van der Waals surface area contributed by atoms with Gasteiger partial charge in [0.15, 0.2) is 0 Å². The summed E-state index contributed by atoms with van der Waals surface area (Å²) in [4.78, 5) is 9.34. The molecule has 0 aromatic rings. The molecule has 0 atom stereocenters. The van der Waals surface area contributed by atoms with Crippen LogP contribution in [-0.4, -0.2) is 12.2 Å². The molecule has 0 saturated carbocycles. The van der Waals surface area contributed by atoms with Crippen molar-refractivity contribution in [1.82, 2.24) is 0 Å². The van der Waals surface area contributed by atoms with Crippen LogP contribution in [0.1, 0.15) is 13.3 Å². The van der Waals surface area contributed by atoms with E-state index in [2.05, 4.69) is 0 Å². The molecule has 0 amide bonds. The van der Waals surface area contributed by atoms with Gasteiger partial charge in [-0.15, -0.1) is 0 Å². The Hall–Kier alpha value is -0.470. The lowest BCUT2D eigenvalue weighted by atomic mass is 10.3. The minimum atomic E-state index is -2.82. The Bertz CT molecular complexity index is 64.6. The van der Waals surface area contributed by atoms with Gasteiger partial charge in [-0.3, -0.25) is 0 Å². The lowest BCUT2D eigenvalue weighted by Gasteiger charge is -2.01. The van der Waals surface area contributed by atoms with Crippen LogP contribution in [0.25, 0.3) is 0 Å². The molecule has 0 fully saturated rings. The third-order valence-electron chi connectivity index (χ3n) is 0.442. The standard InChI is InChI=1S/C4H6F2O/c1-4(5,6)2-3-7/h3H,2H2,1H3. The normalized spacial score (nSPS) is 11.3. The fourth-order valence-corrected chi connectivity index (χ4v) is 0.146. The van der Waals surface area contributed by atoms with Gasteiger partial charge < -0.3 is 4.79 Å². The quantitative estimate of drug-likeness (QED) is 0.486. The van der Waals surface area contributed by atoms with Gasteiger partial charge in [0.2, 0.25) is 0 Å². The van der Waals surface area contributed by atoms with Crippen molar-refractivity contribution < 1.29 is 13.6 Å². The van der Waals surface area contributed by atoms with Crippen LogP contribution in [0.4, 0.5) is 8.78 Å². The Labute approximate surface area is 40.3 Å². The van der Waals surface area contributed by atoms with E-state index in [-0.39, 0.29) is 6.29 Å². The molecule has 0 aromatic heterocycles. The summed E-state index contributed by atoms with van der Waals surface area (Å²) < 4.78 is 23.0. The molecule has 0 bridgehead atoms. The summed E-state index contributed by atoms with van der Waals surface area (Å²) in [5, 5.41) is 0. The number of rotatable bonds is 2. The highest BCUT2D eigenvalue weighted by molar-refractivity contribution is 5.50. The fraction of sp³-hybridized carbons (Fsp3) is 0.750. The van der Waals surface area contributed by atoms with E-state index in [1.807, 2.05) is 0 Å². The van der Waals surface area contributed by atoms with Crippen LogP contribution in [-0.2, 0) is 4.79 Å². The number of carbonyl (C=O) groups is 1. The molecule has 7 heavy (non-hydrogen) atoms. The number of carbonyl (C=O) groups excluding carboxylic acids is 1. The van der Waals surface area contributed by atoms with Gasteiger partial charge in [0, 0.05) is 0 Å². The van der Waals surface area contributed by atoms with Crippen LogP contribution < -0.4 is 0 Å². The number of alkyl halides is 2. The van der Waals surface area contributed by atoms with E-state index in [4.69, 9.17) is 0 Å². The van der Waals surface area contributed by atoms with Gasteiger partial charge in [0.25, 0.3) is 5.92 Å². The maximum absolute atomic E-state index is 11.5. The molecule has 0 aliphatic carbocycles. The number of hydrogen-bond acceptors (Lipinski definition) is 1. The summed E-state index contributed by atoms with van der Waals surface area (Å²) in [5.41, 5.74) is 0. The van der Waals surface area contributed by atoms with Crippen molar-refractivity contribution in [3.8, 4) is 0 Å². The number of aldehydes is 1. The predicted octanol–water partition coefficient (Wildman–Crippen LogP) is 1.23. The molecule has 1 nitrogen and oxygen atoms in total. The van der Waals surface area contributed by atoms with E-state index in [9.17, 15) is 13.6 Å². The predicted molar refractivity (Wildman–Crippen MR) is 21.3 cm³/mol. The van der Waals surface area contributed by atoms with Gasteiger partial charge in [-0.25, -0.2) is 8.78 Å².